The van der Waals surface area contributed by atoms with Gasteiger partial charge in [-0.25, -0.2) is 4.99 Å². The largest absolute Gasteiger partial charge is 0.492 e. The molecule has 0 bridgehead atoms. The van der Waals surface area contributed by atoms with E-state index in [-0.39, 0.29) is 30.1 Å². The van der Waals surface area contributed by atoms with Gasteiger partial charge in [-0.2, -0.15) is 0 Å². The highest BCUT2D eigenvalue weighted by molar-refractivity contribution is 8.15. The predicted octanol–water partition coefficient (Wildman–Crippen LogP) is 4.53. The first-order valence-electron chi connectivity index (χ1n) is 9.12. The van der Waals surface area contributed by atoms with Crippen molar-refractivity contribution in [2.45, 2.75) is 31.9 Å². The van der Waals surface area contributed by atoms with E-state index in [4.69, 9.17) is 4.74 Å². The molecule has 0 spiro atoms. The van der Waals surface area contributed by atoms with E-state index in [0.29, 0.717) is 11.9 Å². The summed E-state index contributed by atoms with van der Waals surface area (Å²) in [5, 5.41) is 0.274. The minimum Gasteiger partial charge on any atom is -0.492 e. The van der Waals surface area contributed by atoms with Crippen LogP contribution < -0.4 is 9.64 Å². The Bertz CT molecular complexity index is 637. The van der Waals surface area contributed by atoms with Crippen LogP contribution in [-0.2, 0) is 0 Å². The van der Waals surface area contributed by atoms with Crippen LogP contribution in [0, 0.1) is 0 Å². The lowest BCUT2D eigenvalue weighted by atomic mass is 10.1. The standard InChI is InChI=1S/C19H27N3O2S.2ClH/c1-3-24-17-8-5-4-7-16(17)22-13-11-21(12-14-22)10-6-9-18-15(2)20-19(23)25-18;;/h4-5,7-8,18H,3,6,9-14H2,1-2H3;2*1H. The number of rotatable bonds is 7. The molecule has 0 saturated carbocycles. The van der Waals surface area contributed by atoms with E-state index in [2.05, 4.69) is 33.0 Å². The van der Waals surface area contributed by atoms with E-state index >= 15 is 0 Å². The zero-order valence-electron chi connectivity index (χ0n) is 15.9. The Kier molecular flexibility index (Phi) is 10.5. The molecule has 0 aliphatic carbocycles. The summed E-state index contributed by atoms with van der Waals surface area (Å²) < 4.78 is 5.76. The lowest BCUT2D eigenvalue weighted by Gasteiger charge is -2.36. The van der Waals surface area contributed by atoms with Crippen molar-refractivity contribution >= 4 is 53.2 Å². The SMILES string of the molecule is CCOc1ccccc1N1CCN(CCCC2SC(=O)N=C2C)CC1.Cl.Cl. The van der Waals surface area contributed by atoms with E-state index in [1.807, 2.05) is 19.9 Å². The Balaban J connectivity index is 0.00000182. The van der Waals surface area contributed by atoms with Crippen LogP contribution in [0.5, 0.6) is 5.75 Å². The third-order valence-corrected chi connectivity index (χ3v) is 5.95. The van der Waals surface area contributed by atoms with E-state index in [0.717, 1.165) is 57.0 Å². The van der Waals surface area contributed by atoms with Gasteiger partial charge in [0.05, 0.1) is 17.5 Å². The zero-order valence-corrected chi connectivity index (χ0v) is 18.4. The Hall–Kier alpha value is -0.950. The molecule has 152 valence electrons. The molecule has 1 amide bonds. The van der Waals surface area contributed by atoms with Gasteiger partial charge in [0.1, 0.15) is 5.75 Å². The summed E-state index contributed by atoms with van der Waals surface area (Å²) in [6.45, 7) is 9.99. The van der Waals surface area contributed by atoms with Crippen LogP contribution >= 0.6 is 36.6 Å². The molecule has 27 heavy (non-hydrogen) atoms. The second kappa shape index (κ2) is 11.8. The van der Waals surface area contributed by atoms with Crippen molar-refractivity contribution in [3.8, 4) is 5.75 Å². The van der Waals surface area contributed by atoms with Gasteiger partial charge in [0.15, 0.2) is 0 Å². The Morgan fingerprint density at radius 1 is 1.19 bits per heavy atom. The number of amides is 1. The molecule has 3 rings (SSSR count). The van der Waals surface area contributed by atoms with Crippen molar-refractivity contribution in [3.63, 3.8) is 0 Å². The average Bonchev–Trinajstić information content (AvgIpc) is 2.94. The second-order valence-corrected chi connectivity index (χ2v) is 7.65. The molecule has 1 unspecified atom stereocenters. The minimum absolute atomic E-state index is 0. The Morgan fingerprint density at radius 2 is 1.89 bits per heavy atom. The van der Waals surface area contributed by atoms with Crippen molar-refractivity contribution in [2.24, 2.45) is 4.99 Å². The topological polar surface area (TPSA) is 45.1 Å². The molecule has 0 radical (unpaired) electrons. The maximum Gasteiger partial charge on any atom is 0.305 e. The van der Waals surface area contributed by atoms with E-state index in [1.54, 1.807) is 0 Å². The van der Waals surface area contributed by atoms with Crippen molar-refractivity contribution in [1.82, 2.24) is 4.90 Å². The molecule has 2 aliphatic rings. The molecule has 0 N–H and O–H groups in total. The number of para-hydroxylation sites is 2. The van der Waals surface area contributed by atoms with Gasteiger partial charge in [-0.15, -0.1) is 24.8 Å². The van der Waals surface area contributed by atoms with Gasteiger partial charge in [-0.05, 0) is 45.4 Å². The van der Waals surface area contributed by atoms with E-state index < -0.39 is 0 Å². The Labute approximate surface area is 178 Å². The van der Waals surface area contributed by atoms with Gasteiger partial charge < -0.3 is 9.64 Å². The summed E-state index contributed by atoms with van der Waals surface area (Å²) in [4.78, 5) is 20.3. The highest BCUT2D eigenvalue weighted by Gasteiger charge is 2.25. The number of thioether (sulfide) groups is 1. The smallest absolute Gasteiger partial charge is 0.305 e. The van der Waals surface area contributed by atoms with Gasteiger partial charge >= 0.3 is 5.24 Å². The summed E-state index contributed by atoms with van der Waals surface area (Å²) in [6.07, 6.45) is 2.16. The summed E-state index contributed by atoms with van der Waals surface area (Å²) in [5.41, 5.74) is 2.20. The number of hydrogen-bond donors (Lipinski definition) is 0. The van der Waals surface area contributed by atoms with Crippen molar-refractivity contribution in [1.29, 1.82) is 0 Å². The fourth-order valence-corrected chi connectivity index (χ4v) is 4.37. The van der Waals surface area contributed by atoms with Crippen LogP contribution in [0.1, 0.15) is 26.7 Å². The highest BCUT2D eigenvalue weighted by atomic mass is 35.5. The van der Waals surface area contributed by atoms with Crippen LogP contribution in [-0.4, -0.2) is 60.4 Å². The van der Waals surface area contributed by atoms with E-state index in [9.17, 15) is 4.79 Å². The number of aliphatic imine (C=N–C) groups is 1. The zero-order chi connectivity index (χ0) is 17.6. The number of hydrogen-bond acceptors (Lipinski definition) is 5. The molecule has 1 saturated heterocycles. The number of benzene rings is 1. The number of halogens is 2. The molecular formula is C19H29Cl2N3O2S. The molecule has 8 heteroatoms. The molecule has 5 nitrogen and oxygen atoms in total. The molecule has 2 aliphatic heterocycles. The first-order chi connectivity index (χ1) is 12.2. The summed E-state index contributed by atoms with van der Waals surface area (Å²) >= 11 is 1.38. The molecule has 2 heterocycles. The fourth-order valence-electron chi connectivity index (χ4n) is 3.43. The maximum atomic E-state index is 11.3. The number of anilines is 1. The van der Waals surface area contributed by atoms with Crippen LogP contribution in [0.3, 0.4) is 0 Å². The summed E-state index contributed by atoms with van der Waals surface area (Å²) in [7, 11) is 0. The fraction of sp³-hybridized carbons (Fsp3) is 0.579. The predicted molar refractivity (Wildman–Crippen MR) is 120 cm³/mol. The van der Waals surface area contributed by atoms with Crippen LogP contribution in [0.4, 0.5) is 10.5 Å². The molecular weight excluding hydrogens is 405 g/mol. The van der Waals surface area contributed by atoms with Gasteiger partial charge in [-0.3, -0.25) is 9.69 Å². The molecule has 1 atom stereocenters. The van der Waals surface area contributed by atoms with Crippen LogP contribution in [0.15, 0.2) is 29.3 Å². The van der Waals surface area contributed by atoms with Gasteiger partial charge in [0.25, 0.3) is 0 Å². The second-order valence-electron chi connectivity index (χ2n) is 6.50. The lowest BCUT2D eigenvalue weighted by Crippen LogP contribution is -2.46. The van der Waals surface area contributed by atoms with Gasteiger partial charge in [0, 0.05) is 31.9 Å². The molecule has 1 aromatic carbocycles. The Morgan fingerprint density at radius 3 is 2.52 bits per heavy atom. The van der Waals surface area contributed by atoms with Crippen molar-refractivity contribution in [3.05, 3.63) is 24.3 Å². The van der Waals surface area contributed by atoms with Crippen LogP contribution in [0.25, 0.3) is 0 Å². The van der Waals surface area contributed by atoms with Crippen molar-refractivity contribution < 1.29 is 9.53 Å². The summed E-state index contributed by atoms with van der Waals surface area (Å²) in [6, 6.07) is 8.31. The minimum atomic E-state index is -0.0240. The highest BCUT2D eigenvalue weighted by Crippen LogP contribution is 2.29. The first-order valence-corrected chi connectivity index (χ1v) is 10.00. The monoisotopic (exact) mass is 433 g/mol. The molecule has 1 fully saturated rings. The van der Waals surface area contributed by atoms with Crippen molar-refractivity contribution in [2.75, 3.05) is 44.2 Å². The van der Waals surface area contributed by atoms with Crippen LogP contribution in [0.2, 0.25) is 0 Å². The first kappa shape index (κ1) is 24.1. The normalized spacial score (nSPS) is 19.9. The summed E-state index contributed by atoms with van der Waals surface area (Å²) in [5.74, 6) is 0.983. The molecule has 0 aromatic heterocycles. The number of carbonyl (C=O) groups excluding carboxylic acids is 1. The third kappa shape index (κ3) is 6.56. The maximum absolute atomic E-state index is 11.3. The third-order valence-electron chi connectivity index (χ3n) is 4.80. The molecule has 1 aromatic rings. The number of nitrogens with zero attached hydrogens (tertiary/aromatic N) is 3. The number of piperazine rings is 1. The average molecular weight is 434 g/mol. The van der Waals surface area contributed by atoms with E-state index in [1.165, 1.54) is 17.4 Å². The quantitative estimate of drug-likeness (QED) is 0.631. The van der Waals surface area contributed by atoms with Gasteiger partial charge in [0.2, 0.25) is 0 Å². The van der Waals surface area contributed by atoms with Gasteiger partial charge in [-0.1, -0.05) is 23.9 Å². The number of ether oxygens (including phenoxy) is 1. The number of carbonyl (C=O) groups is 1. The lowest BCUT2D eigenvalue weighted by molar-refractivity contribution is 0.252.